The Balaban J connectivity index is 1.27. The molecule has 0 aliphatic rings. The molecule has 0 bridgehead atoms. The number of hydrogen-bond acceptors (Lipinski definition) is 11. The van der Waals surface area contributed by atoms with E-state index in [0.717, 1.165) is 21.6 Å². The molecule has 0 saturated heterocycles. The van der Waals surface area contributed by atoms with Crippen LogP contribution in [-0.4, -0.2) is 107 Å². The molecule has 7 N–H and O–H groups in total. The minimum atomic E-state index is -1.27. The number of rotatable bonds is 26. The molecule has 0 spiro atoms. The molecule has 0 aromatic heterocycles. The minimum Gasteiger partial charge on any atom is -0.480 e. The predicted molar refractivity (Wildman–Crippen MR) is 281 cm³/mol. The van der Waals surface area contributed by atoms with Crippen LogP contribution in [0.2, 0.25) is 0 Å². The Morgan fingerprint density at radius 1 is 0.685 bits per heavy atom. The Labute approximate surface area is 432 Å². The van der Waals surface area contributed by atoms with Crippen LogP contribution in [0.5, 0.6) is 5.75 Å². The van der Waals surface area contributed by atoms with E-state index in [1.165, 1.54) is 30.0 Å². The zero-order chi connectivity index (χ0) is 53.6. The summed E-state index contributed by atoms with van der Waals surface area (Å²) in [4.78, 5) is 91.0. The second kappa shape index (κ2) is 28.0. The van der Waals surface area contributed by atoms with Gasteiger partial charge < -0.3 is 46.3 Å². The highest BCUT2D eigenvalue weighted by molar-refractivity contribution is 8.00. The third-order valence-corrected chi connectivity index (χ3v) is 12.6. The molecular formula is C55H70N6O11S. The molecule has 0 aliphatic heterocycles. The number of ether oxygens (including phenoxy) is 3. The number of nitrogens with two attached hydrogens (primary N) is 1. The maximum absolute atomic E-state index is 13.4. The van der Waals surface area contributed by atoms with E-state index in [0.29, 0.717) is 24.8 Å². The third-order valence-electron chi connectivity index (χ3n) is 11.0. The van der Waals surface area contributed by atoms with E-state index >= 15 is 0 Å². The van der Waals surface area contributed by atoms with Gasteiger partial charge in [-0.2, -0.15) is 0 Å². The van der Waals surface area contributed by atoms with Crippen molar-refractivity contribution >= 4 is 53.7 Å². The van der Waals surface area contributed by atoms with E-state index in [2.05, 4.69) is 27.8 Å². The van der Waals surface area contributed by atoms with Crippen LogP contribution in [0.15, 0.2) is 128 Å². The van der Waals surface area contributed by atoms with E-state index in [1.54, 1.807) is 53.7 Å². The van der Waals surface area contributed by atoms with Gasteiger partial charge in [0, 0.05) is 38.2 Å². The first-order valence-electron chi connectivity index (χ1n) is 24.2. The van der Waals surface area contributed by atoms with Crippen LogP contribution >= 0.6 is 11.8 Å². The summed E-state index contributed by atoms with van der Waals surface area (Å²) >= 11 is 1.52. The largest absolute Gasteiger partial charge is 0.480 e. The Bertz CT molecular complexity index is 2350. The standard InChI is InChI=1S/C55H70N6O11S/c1-8-35-61(52(69)72-54(5,6)7)45(49(65)66)36-38-28-30-42(31-29-38)70-50(67)58-34-32-43(60-51(68)71-53(2,3)4)48(64)57-33-20-12-19-27-46(62)59-44(47(56)63)37-73-55(39-21-13-9-14-22-39,40-23-15-10-16-24-40)41-25-17-11-18-26-41/h8-11,13-18,21-26,28-31,43-45H,1,12,19-20,27,32-37H2,2-7H3,(H2,56,63)(H,57,64)(H,58,67)(H,59,62)(H,60,68)(H,65,66)/t43-,44-,45-/m0/s1. The number of thioether (sulfide) groups is 1. The lowest BCUT2D eigenvalue weighted by Gasteiger charge is -2.36. The molecule has 392 valence electrons. The smallest absolute Gasteiger partial charge is 0.412 e. The maximum Gasteiger partial charge on any atom is 0.412 e. The lowest BCUT2D eigenvalue weighted by atomic mass is 9.84. The summed E-state index contributed by atoms with van der Waals surface area (Å²) in [5.74, 6) is -2.41. The van der Waals surface area contributed by atoms with Gasteiger partial charge in [0.2, 0.25) is 17.7 Å². The third kappa shape index (κ3) is 19.3. The topological polar surface area (TPSA) is 245 Å². The van der Waals surface area contributed by atoms with E-state index in [1.807, 2.05) is 91.0 Å². The molecule has 0 heterocycles. The second-order valence-corrected chi connectivity index (χ2v) is 20.4. The molecule has 18 heteroatoms. The first kappa shape index (κ1) is 58.2. The van der Waals surface area contributed by atoms with Gasteiger partial charge in [-0.15, -0.1) is 18.3 Å². The van der Waals surface area contributed by atoms with Crippen LogP contribution in [0.3, 0.4) is 0 Å². The number of benzene rings is 4. The highest BCUT2D eigenvalue weighted by Crippen LogP contribution is 2.48. The van der Waals surface area contributed by atoms with Crippen LogP contribution in [0.4, 0.5) is 14.4 Å². The molecule has 0 radical (unpaired) electrons. The molecule has 0 saturated carbocycles. The van der Waals surface area contributed by atoms with Gasteiger partial charge in [-0.1, -0.05) is 116 Å². The Kier molecular flexibility index (Phi) is 22.4. The van der Waals surface area contributed by atoms with E-state index < -0.39 is 70.1 Å². The summed E-state index contributed by atoms with van der Waals surface area (Å²) in [6, 6.07) is 32.7. The van der Waals surface area contributed by atoms with Gasteiger partial charge in [-0.3, -0.25) is 19.3 Å². The average molecular weight is 1020 g/mol. The number of alkyl carbamates (subject to hydrolysis) is 1. The summed E-state index contributed by atoms with van der Waals surface area (Å²) in [5, 5.41) is 20.8. The first-order chi connectivity index (χ1) is 34.6. The fraction of sp³-hybridized carbons (Fsp3) is 0.400. The molecule has 4 aromatic rings. The lowest BCUT2D eigenvalue weighted by Crippen LogP contribution is -2.49. The van der Waals surface area contributed by atoms with Crippen molar-refractivity contribution in [2.45, 2.75) is 114 Å². The quantitative estimate of drug-likeness (QED) is 0.0200. The van der Waals surface area contributed by atoms with Crippen molar-refractivity contribution in [1.29, 1.82) is 0 Å². The summed E-state index contributed by atoms with van der Waals surface area (Å²) in [5.41, 5.74) is 7.74. The number of amides is 6. The van der Waals surface area contributed by atoms with Gasteiger partial charge in [-0.25, -0.2) is 19.2 Å². The Morgan fingerprint density at radius 3 is 1.73 bits per heavy atom. The molecule has 3 atom stereocenters. The minimum absolute atomic E-state index is 0.0306. The molecule has 4 aromatic carbocycles. The molecule has 17 nitrogen and oxygen atoms in total. The van der Waals surface area contributed by atoms with Gasteiger partial charge in [0.1, 0.15) is 35.1 Å². The van der Waals surface area contributed by atoms with Gasteiger partial charge in [0.05, 0.1) is 4.75 Å². The van der Waals surface area contributed by atoms with Gasteiger partial charge in [-0.05, 0) is 95.2 Å². The molecule has 0 aliphatic carbocycles. The molecule has 0 unspecified atom stereocenters. The fourth-order valence-electron chi connectivity index (χ4n) is 7.58. The zero-order valence-electron chi connectivity index (χ0n) is 42.5. The number of carboxylic acid groups (broad SMARTS) is 1. The van der Waals surface area contributed by atoms with Crippen molar-refractivity contribution in [2.24, 2.45) is 5.73 Å². The zero-order valence-corrected chi connectivity index (χ0v) is 43.3. The number of nitrogens with zero attached hydrogens (tertiary/aromatic N) is 1. The van der Waals surface area contributed by atoms with Crippen LogP contribution in [0.25, 0.3) is 0 Å². The molecule has 0 fully saturated rings. The number of carboxylic acids is 1. The maximum atomic E-state index is 13.4. The van der Waals surface area contributed by atoms with E-state index in [9.17, 15) is 38.7 Å². The van der Waals surface area contributed by atoms with Gasteiger partial charge in [0.15, 0.2) is 0 Å². The molecule has 6 amide bonds. The molecular weight excluding hydrogens is 953 g/mol. The number of nitrogens with one attached hydrogen (secondary N) is 4. The molecule has 73 heavy (non-hydrogen) atoms. The van der Waals surface area contributed by atoms with E-state index in [4.69, 9.17) is 19.9 Å². The van der Waals surface area contributed by atoms with Crippen LogP contribution in [0, 0.1) is 0 Å². The van der Waals surface area contributed by atoms with Crippen molar-refractivity contribution in [3.8, 4) is 5.75 Å². The fourth-order valence-corrected chi connectivity index (χ4v) is 9.15. The Hall–Kier alpha value is -7.34. The normalized spacial score (nSPS) is 12.7. The number of carbonyl (C=O) groups is 7. The van der Waals surface area contributed by atoms with Crippen LogP contribution < -0.4 is 31.7 Å². The number of aliphatic carboxylic acids is 1. The highest BCUT2D eigenvalue weighted by atomic mass is 32.2. The highest BCUT2D eigenvalue weighted by Gasteiger charge is 2.38. The number of hydrogen-bond donors (Lipinski definition) is 6. The first-order valence-corrected chi connectivity index (χ1v) is 25.1. The van der Waals surface area contributed by atoms with Crippen LogP contribution in [0.1, 0.15) is 95.9 Å². The SMILES string of the molecule is C=CCN(C(=O)OC(C)(C)C)[C@@H](Cc1ccc(OC(=O)NCC[C@H](NC(=O)OC(C)(C)C)C(=O)NCCCCCC(=O)N[C@@H](CSC(c2ccccc2)(c2ccccc2)c2ccccc2)C(N)=O)cc1)C(=O)O. The number of primary amides is 1. The Morgan fingerprint density at radius 2 is 1.23 bits per heavy atom. The number of unbranched alkanes of at least 4 members (excludes halogenated alkanes) is 2. The van der Waals surface area contributed by atoms with Crippen molar-refractivity contribution in [3.63, 3.8) is 0 Å². The summed E-state index contributed by atoms with van der Waals surface area (Å²) < 4.78 is 15.5. The monoisotopic (exact) mass is 1020 g/mol. The summed E-state index contributed by atoms with van der Waals surface area (Å²) in [7, 11) is 0. The summed E-state index contributed by atoms with van der Waals surface area (Å²) in [6.45, 7) is 13.8. The summed E-state index contributed by atoms with van der Waals surface area (Å²) in [6.07, 6.45) is 0.467. The van der Waals surface area contributed by atoms with Crippen molar-refractivity contribution in [2.75, 3.05) is 25.4 Å². The van der Waals surface area contributed by atoms with E-state index in [-0.39, 0.29) is 56.3 Å². The predicted octanol–water partition coefficient (Wildman–Crippen LogP) is 7.85. The van der Waals surface area contributed by atoms with Crippen molar-refractivity contribution < 1.29 is 52.9 Å². The lowest BCUT2D eigenvalue weighted by molar-refractivity contribution is -0.143. The van der Waals surface area contributed by atoms with Gasteiger partial charge in [0.25, 0.3) is 0 Å². The second-order valence-electron chi connectivity index (χ2n) is 19.1. The van der Waals surface area contributed by atoms with Crippen molar-refractivity contribution in [1.82, 2.24) is 26.2 Å². The molecule has 4 rings (SSSR count). The van der Waals surface area contributed by atoms with Crippen LogP contribution in [-0.2, 0) is 39.8 Å². The van der Waals surface area contributed by atoms with Gasteiger partial charge >= 0.3 is 24.2 Å². The van der Waals surface area contributed by atoms with Crippen molar-refractivity contribution in [3.05, 3.63) is 150 Å². The average Bonchev–Trinajstić information content (AvgIpc) is 3.33. The number of carbonyl (C=O) groups excluding carboxylic acids is 6.